The second-order valence-corrected chi connectivity index (χ2v) is 13.6. The van der Waals surface area contributed by atoms with Gasteiger partial charge in [0, 0.05) is 73.7 Å². The highest BCUT2D eigenvalue weighted by atomic mass is 32.1. The lowest BCUT2D eigenvalue weighted by Gasteiger charge is -2.32. The molecule has 5 heterocycles. The van der Waals surface area contributed by atoms with E-state index in [0.717, 1.165) is 70.9 Å². The van der Waals surface area contributed by atoms with Crippen LogP contribution < -0.4 is 5.48 Å². The van der Waals surface area contributed by atoms with Gasteiger partial charge in [0.15, 0.2) is 5.69 Å². The summed E-state index contributed by atoms with van der Waals surface area (Å²) in [5.74, 6) is 0.0181. The number of halogens is 3. The number of aromatic nitrogens is 3. The molecule has 15 heteroatoms. The number of nitrogens with zero attached hydrogens (tertiary/aromatic N) is 6. The quantitative estimate of drug-likeness (QED) is 0.247. The van der Waals surface area contributed by atoms with Crippen molar-refractivity contribution in [3.63, 3.8) is 0 Å². The van der Waals surface area contributed by atoms with E-state index in [1.54, 1.807) is 22.3 Å². The summed E-state index contributed by atoms with van der Waals surface area (Å²) >= 11 is 1.62. The molecule has 11 nitrogen and oxygen atoms in total. The summed E-state index contributed by atoms with van der Waals surface area (Å²) in [5.41, 5.74) is 6.10. The largest absolute Gasteiger partial charge is 0.435 e. The van der Waals surface area contributed by atoms with Crippen LogP contribution in [0.3, 0.4) is 0 Å². The van der Waals surface area contributed by atoms with E-state index in [2.05, 4.69) is 40.6 Å². The molecule has 5 rings (SSSR count). The van der Waals surface area contributed by atoms with Crippen LogP contribution in [0.15, 0.2) is 60.4 Å². The van der Waals surface area contributed by atoms with Crippen molar-refractivity contribution in [2.45, 2.75) is 97.2 Å². The average molecular weight is 752 g/mol. The molecule has 290 valence electrons. The number of aliphatic hydroxyl groups excluding tert-OH is 1. The molecule has 0 aromatic carbocycles. The van der Waals surface area contributed by atoms with Crippen LogP contribution in [0.2, 0.25) is 0 Å². The van der Waals surface area contributed by atoms with E-state index in [4.69, 9.17) is 14.6 Å². The summed E-state index contributed by atoms with van der Waals surface area (Å²) in [6, 6.07) is 0.957. The van der Waals surface area contributed by atoms with E-state index < -0.39 is 18.0 Å². The molecule has 3 aliphatic heterocycles. The van der Waals surface area contributed by atoms with Crippen molar-refractivity contribution in [1.82, 2.24) is 34.9 Å². The fourth-order valence-corrected chi connectivity index (χ4v) is 6.99. The summed E-state index contributed by atoms with van der Waals surface area (Å²) in [6.07, 6.45) is 1.48. The minimum absolute atomic E-state index is 0.00615. The molecule has 2 aromatic heterocycles. The first-order valence-corrected chi connectivity index (χ1v) is 18.8. The van der Waals surface area contributed by atoms with E-state index in [-0.39, 0.29) is 30.5 Å². The van der Waals surface area contributed by atoms with Gasteiger partial charge in [0.1, 0.15) is 12.6 Å². The molecular formula is C37H56F3N7O4S. The Morgan fingerprint density at radius 1 is 1.19 bits per heavy atom. The molecule has 3 saturated heterocycles. The number of hydroxylamine groups is 1. The topological polar surface area (TPSA) is 108 Å². The number of alkyl halides is 3. The van der Waals surface area contributed by atoms with Gasteiger partial charge in [-0.05, 0) is 45.3 Å². The van der Waals surface area contributed by atoms with Gasteiger partial charge in [-0.3, -0.25) is 14.3 Å². The molecule has 3 unspecified atom stereocenters. The van der Waals surface area contributed by atoms with Crippen molar-refractivity contribution >= 4 is 17.2 Å². The molecule has 3 fully saturated rings. The molecule has 52 heavy (non-hydrogen) atoms. The second kappa shape index (κ2) is 20.1. The summed E-state index contributed by atoms with van der Waals surface area (Å²) in [7, 11) is 1.89. The van der Waals surface area contributed by atoms with Gasteiger partial charge in [0.05, 0.1) is 36.1 Å². The molecule has 0 aliphatic carbocycles. The van der Waals surface area contributed by atoms with Gasteiger partial charge < -0.3 is 24.5 Å². The molecule has 0 radical (unpaired) electrons. The number of piperidine rings is 1. The maximum absolute atomic E-state index is 12.9. The number of carbonyl (C=O) groups is 1. The highest BCUT2D eigenvalue weighted by Crippen LogP contribution is 2.35. The molecule has 0 spiro atoms. The number of aryl methyl sites for hydroxylation is 1. The molecule has 3 atom stereocenters. The van der Waals surface area contributed by atoms with Crippen molar-refractivity contribution in [3.05, 3.63) is 82.5 Å². The molecule has 0 bridgehead atoms. The molecular weight excluding hydrogens is 696 g/mol. The second-order valence-electron chi connectivity index (χ2n) is 12.7. The number of hydrogen-bond donors (Lipinski definition) is 2. The number of nitrogens with one attached hydrogen (secondary N) is 1. The van der Waals surface area contributed by atoms with Crippen LogP contribution in [0.1, 0.15) is 87.4 Å². The van der Waals surface area contributed by atoms with E-state index >= 15 is 0 Å². The number of hydrogen-bond acceptors (Lipinski definition) is 10. The van der Waals surface area contributed by atoms with Crippen molar-refractivity contribution in [2.24, 2.45) is 0 Å². The Balaban J connectivity index is 0.000000413. The minimum Gasteiger partial charge on any atom is -0.387 e. The lowest BCUT2D eigenvalue weighted by molar-refractivity contribution is -0.142. The molecule has 1 amide bonds. The SMILES string of the molecule is C=C(C1CC(c2csc(C3CCN(C(=O)Cn4nc(C(F)(F)F)cc4C)CC3)n2)NO1)N1CCOCC1.C=C/C=C(\C)N(C)C(=C)C(O)CC.CC. The van der Waals surface area contributed by atoms with Crippen molar-refractivity contribution in [2.75, 3.05) is 46.4 Å². The van der Waals surface area contributed by atoms with Crippen LogP contribution in [0.25, 0.3) is 0 Å². The molecule has 0 saturated carbocycles. The third-order valence-electron chi connectivity index (χ3n) is 9.33. The van der Waals surface area contributed by atoms with E-state index in [1.165, 1.54) is 6.92 Å². The van der Waals surface area contributed by atoms with Crippen LogP contribution in [0.5, 0.6) is 0 Å². The van der Waals surface area contributed by atoms with Gasteiger partial charge in [-0.15, -0.1) is 11.3 Å². The van der Waals surface area contributed by atoms with Crippen LogP contribution in [0, 0.1) is 6.92 Å². The number of morpholine rings is 1. The normalized spacial score (nSPS) is 20.3. The number of allylic oxidation sites excluding steroid dienone is 3. The third kappa shape index (κ3) is 11.5. The Kier molecular flexibility index (Phi) is 16.6. The zero-order chi connectivity index (χ0) is 38.6. The monoisotopic (exact) mass is 751 g/mol. The Labute approximate surface area is 310 Å². The summed E-state index contributed by atoms with van der Waals surface area (Å²) < 4.78 is 45.3. The fourth-order valence-electron chi connectivity index (χ4n) is 5.94. The highest BCUT2D eigenvalue weighted by Gasteiger charge is 2.36. The number of thiazole rings is 1. The maximum Gasteiger partial charge on any atom is 0.435 e. The van der Waals surface area contributed by atoms with E-state index in [1.807, 2.05) is 45.7 Å². The average Bonchev–Trinajstić information content (AvgIpc) is 3.93. The smallest absolute Gasteiger partial charge is 0.387 e. The Bertz CT molecular complexity index is 1510. The number of likely N-dealkylation sites (N-methyl/N-ethyl adjacent to an activating group) is 1. The Morgan fingerprint density at radius 2 is 1.85 bits per heavy atom. The van der Waals surface area contributed by atoms with Crippen molar-refractivity contribution in [3.8, 4) is 0 Å². The number of carbonyl (C=O) groups excluding carboxylic acids is 1. The minimum atomic E-state index is -4.53. The fraction of sp³-hybridized carbons (Fsp3) is 0.595. The molecule has 2 aromatic rings. The zero-order valence-corrected chi connectivity index (χ0v) is 32.2. The van der Waals surface area contributed by atoms with Gasteiger partial charge in [-0.1, -0.05) is 46.6 Å². The molecule has 2 N–H and O–H groups in total. The Hall–Kier alpha value is -3.50. The first-order valence-electron chi connectivity index (χ1n) is 17.9. The van der Waals surface area contributed by atoms with Crippen molar-refractivity contribution < 1.29 is 32.6 Å². The standard InChI is InChI=1S/C24H31F3N6O3S.C11H19NO.C2H6/c1-15-11-21(24(25,26)27)29-33(15)13-22(34)32-5-3-17(4-6-32)23-28-19(14-37-23)18-12-20(36-30-18)16(2)31-7-9-35-10-8-31;1-6-8-9(3)12(5)10(4)11(13)7-2;1-2/h11,14,17-18,20,30H,2-10,12-13H2,1H3;6,8,11,13H,1,4,7H2,2-3,5H3;1-2H3/b;9-8+;. The van der Waals surface area contributed by atoms with Gasteiger partial charge in [0.2, 0.25) is 5.91 Å². The predicted molar refractivity (Wildman–Crippen MR) is 198 cm³/mol. The third-order valence-corrected chi connectivity index (χ3v) is 10.4. The lowest BCUT2D eigenvalue weighted by atomic mass is 9.97. The first kappa shape index (κ1) is 42.9. The van der Waals surface area contributed by atoms with Gasteiger partial charge in [-0.2, -0.15) is 23.8 Å². The number of rotatable bonds is 11. The van der Waals surface area contributed by atoms with Gasteiger partial charge >= 0.3 is 6.18 Å². The first-order chi connectivity index (χ1) is 24.7. The van der Waals surface area contributed by atoms with E-state index in [0.29, 0.717) is 38.4 Å². The summed E-state index contributed by atoms with van der Waals surface area (Å²) in [5, 5.41) is 16.2. The number of likely N-dealkylation sites (tertiary alicyclic amines) is 1. The summed E-state index contributed by atoms with van der Waals surface area (Å²) in [6.45, 7) is 25.0. The van der Waals surface area contributed by atoms with Crippen LogP contribution in [-0.4, -0.2) is 99.1 Å². The highest BCUT2D eigenvalue weighted by molar-refractivity contribution is 7.09. The van der Waals surface area contributed by atoms with Crippen LogP contribution in [-0.2, 0) is 27.1 Å². The van der Waals surface area contributed by atoms with Crippen LogP contribution >= 0.6 is 11.3 Å². The van der Waals surface area contributed by atoms with E-state index in [9.17, 15) is 23.1 Å². The van der Waals surface area contributed by atoms with Crippen molar-refractivity contribution in [1.29, 1.82) is 0 Å². The number of amides is 1. The van der Waals surface area contributed by atoms with Gasteiger partial charge in [-0.25, -0.2) is 4.98 Å². The number of ether oxygens (including phenoxy) is 1. The van der Waals surface area contributed by atoms with Crippen LogP contribution in [0.4, 0.5) is 13.2 Å². The number of aliphatic hydroxyl groups is 1. The zero-order valence-electron chi connectivity index (χ0n) is 31.4. The Morgan fingerprint density at radius 3 is 2.42 bits per heavy atom. The maximum atomic E-state index is 12.9. The van der Waals surface area contributed by atoms with Gasteiger partial charge in [0.25, 0.3) is 0 Å². The predicted octanol–water partition coefficient (Wildman–Crippen LogP) is 6.57. The molecule has 3 aliphatic rings. The lowest BCUT2D eigenvalue weighted by Crippen LogP contribution is -2.40. The summed E-state index contributed by atoms with van der Waals surface area (Å²) in [4.78, 5) is 29.2.